The van der Waals surface area contributed by atoms with Gasteiger partial charge < -0.3 is 19.6 Å². The van der Waals surface area contributed by atoms with Crippen LogP contribution in [0.3, 0.4) is 0 Å². The molecule has 0 aromatic heterocycles. The van der Waals surface area contributed by atoms with Crippen molar-refractivity contribution in [3.05, 3.63) is 25.3 Å². The number of esters is 1. The molecule has 0 radical (unpaired) electrons. The maximum atomic E-state index is 14.4. The van der Waals surface area contributed by atoms with E-state index in [4.69, 9.17) is 9.84 Å². The normalized spacial score (nSPS) is 29.8. The number of aliphatic hydroxyl groups excluding tert-OH is 1. The Balaban J connectivity index is 1.91. The summed E-state index contributed by atoms with van der Waals surface area (Å²) in [4.78, 5) is 45.8. The Bertz CT molecular complexity index is 887. The molecule has 1 spiro atoms. The van der Waals surface area contributed by atoms with E-state index >= 15 is 0 Å². The number of thioether (sulfide) groups is 1. The smallest absolute Gasteiger partial charge is 0.310 e. The molecule has 3 aliphatic rings. The summed E-state index contributed by atoms with van der Waals surface area (Å²) in [6.07, 6.45) is 11.9. The zero-order valence-corrected chi connectivity index (χ0v) is 26.1. The Hall–Kier alpha value is -1.32. The molecule has 2 amide bonds. The van der Waals surface area contributed by atoms with Gasteiger partial charge in [-0.25, -0.2) is 0 Å². The number of amides is 2. The highest BCUT2D eigenvalue weighted by atomic mass is 79.9. The molecule has 1 N–H and O–H groups in total. The molecule has 3 aliphatic heterocycles. The van der Waals surface area contributed by atoms with E-state index in [2.05, 4.69) is 42.9 Å². The number of alkyl halides is 1. The average molecular weight is 628 g/mol. The maximum absolute atomic E-state index is 14.4. The Morgan fingerprint density at radius 3 is 2.64 bits per heavy atom. The van der Waals surface area contributed by atoms with Gasteiger partial charge in [-0.3, -0.25) is 14.4 Å². The van der Waals surface area contributed by atoms with Gasteiger partial charge in [0.2, 0.25) is 11.8 Å². The van der Waals surface area contributed by atoms with Crippen molar-refractivity contribution in [2.75, 3.05) is 26.3 Å². The highest BCUT2D eigenvalue weighted by Gasteiger charge is 2.76. The van der Waals surface area contributed by atoms with Gasteiger partial charge >= 0.3 is 5.97 Å². The van der Waals surface area contributed by atoms with Crippen molar-refractivity contribution in [1.29, 1.82) is 0 Å². The Labute approximate surface area is 247 Å². The third-order valence-electron chi connectivity index (χ3n) is 8.50. The van der Waals surface area contributed by atoms with Crippen molar-refractivity contribution < 1.29 is 24.2 Å². The van der Waals surface area contributed by atoms with Crippen molar-refractivity contribution >= 4 is 45.5 Å². The number of nitrogens with zero attached hydrogens (tertiary/aromatic N) is 2. The molecule has 0 aliphatic carbocycles. The fourth-order valence-electron chi connectivity index (χ4n) is 6.68. The SMILES string of the molecule is C=CCCCCOC(=O)[C@H]1[C@H]2C(=O)N(CCCCCCO)C(C(=O)N(CC=C)C(C)CCC)C23CC(Br)[C@@H]1S3. The molecule has 0 saturated carbocycles. The molecule has 4 unspecified atom stereocenters. The second-order valence-electron chi connectivity index (χ2n) is 11.2. The molecule has 3 saturated heterocycles. The minimum Gasteiger partial charge on any atom is -0.465 e. The average Bonchev–Trinajstić information content (AvgIpc) is 3.50. The van der Waals surface area contributed by atoms with E-state index in [1.54, 1.807) is 22.7 Å². The van der Waals surface area contributed by atoms with Crippen LogP contribution in [0, 0.1) is 11.8 Å². The number of carbonyl (C=O) groups excluding carboxylic acids is 3. The number of halogens is 1. The molecule has 220 valence electrons. The van der Waals surface area contributed by atoms with E-state index in [1.165, 1.54) is 0 Å². The molecule has 39 heavy (non-hydrogen) atoms. The third-order valence-corrected chi connectivity index (χ3v) is 11.7. The van der Waals surface area contributed by atoms with Crippen LogP contribution in [0.1, 0.15) is 78.1 Å². The summed E-state index contributed by atoms with van der Waals surface area (Å²) in [5.41, 5.74) is 0. The Kier molecular flexibility index (Phi) is 12.4. The number of aliphatic hydroxyl groups is 1. The molecule has 3 heterocycles. The van der Waals surface area contributed by atoms with Crippen molar-refractivity contribution in [1.82, 2.24) is 9.80 Å². The minimum atomic E-state index is -0.657. The monoisotopic (exact) mass is 626 g/mol. The molecule has 3 fully saturated rings. The van der Waals surface area contributed by atoms with Gasteiger partial charge in [0.05, 0.1) is 23.2 Å². The first-order valence-electron chi connectivity index (χ1n) is 14.7. The number of allylic oxidation sites excluding steroid dienone is 1. The van der Waals surface area contributed by atoms with Gasteiger partial charge in [-0.2, -0.15) is 0 Å². The zero-order valence-electron chi connectivity index (χ0n) is 23.7. The summed E-state index contributed by atoms with van der Waals surface area (Å²) >= 11 is 5.49. The number of ether oxygens (including phenoxy) is 1. The maximum Gasteiger partial charge on any atom is 0.310 e. The zero-order chi connectivity index (χ0) is 28.6. The molecule has 7 atom stereocenters. The Morgan fingerprint density at radius 2 is 1.97 bits per heavy atom. The van der Waals surface area contributed by atoms with Gasteiger partial charge in [0.15, 0.2) is 0 Å². The van der Waals surface area contributed by atoms with Crippen LogP contribution < -0.4 is 0 Å². The highest BCUT2D eigenvalue weighted by Crippen LogP contribution is 2.68. The second-order valence-corrected chi connectivity index (χ2v) is 13.9. The van der Waals surface area contributed by atoms with E-state index in [9.17, 15) is 14.4 Å². The van der Waals surface area contributed by atoms with Crippen LogP contribution in [-0.4, -0.2) is 85.9 Å². The largest absolute Gasteiger partial charge is 0.465 e. The van der Waals surface area contributed by atoms with E-state index in [-0.39, 0.29) is 40.5 Å². The van der Waals surface area contributed by atoms with Crippen LogP contribution >= 0.6 is 27.7 Å². The van der Waals surface area contributed by atoms with Crippen molar-refractivity contribution in [2.45, 2.75) is 105 Å². The van der Waals surface area contributed by atoms with Gasteiger partial charge in [0.1, 0.15) is 6.04 Å². The minimum absolute atomic E-state index is 0.0251. The van der Waals surface area contributed by atoms with E-state index in [0.29, 0.717) is 26.1 Å². The fourth-order valence-corrected chi connectivity index (χ4v) is 10.3. The van der Waals surface area contributed by atoms with E-state index < -0.39 is 22.6 Å². The first kappa shape index (κ1) is 32.2. The number of fused-ring (bicyclic) bond motifs is 1. The summed E-state index contributed by atoms with van der Waals surface area (Å²) in [7, 11) is 0. The summed E-state index contributed by atoms with van der Waals surface area (Å²) < 4.78 is 5.07. The molecule has 7 nitrogen and oxygen atoms in total. The Morgan fingerprint density at radius 1 is 1.23 bits per heavy atom. The van der Waals surface area contributed by atoms with Crippen molar-refractivity contribution in [2.24, 2.45) is 11.8 Å². The first-order valence-corrected chi connectivity index (χ1v) is 16.5. The number of hydrogen-bond acceptors (Lipinski definition) is 6. The lowest BCUT2D eigenvalue weighted by molar-refractivity contribution is -0.154. The van der Waals surface area contributed by atoms with Crippen LogP contribution in [0.2, 0.25) is 0 Å². The number of hydrogen-bond donors (Lipinski definition) is 1. The van der Waals surface area contributed by atoms with Crippen LogP contribution in [0.15, 0.2) is 25.3 Å². The van der Waals surface area contributed by atoms with Gasteiger partial charge in [0.25, 0.3) is 0 Å². The number of likely N-dealkylation sites (tertiary alicyclic amines) is 1. The predicted octanol–water partition coefficient (Wildman–Crippen LogP) is 5.11. The van der Waals surface area contributed by atoms with Gasteiger partial charge in [-0.15, -0.1) is 24.9 Å². The van der Waals surface area contributed by atoms with Crippen molar-refractivity contribution in [3.8, 4) is 0 Å². The summed E-state index contributed by atoms with van der Waals surface area (Å²) in [6.45, 7) is 13.2. The molecular formula is C30H47BrN2O5S. The lowest BCUT2D eigenvalue weighted by Crippen LogP contribution is -2.57. The molecule has 9 heteroatoms. The topological polar surface area (TPSA) is 87.1 Å². The highest BCUT2D eigenvalue weighted by molar-refractivity contribution is 9.09. The van der Waals surface area contributed by atoms with Crippen LogP contribution in [0.4, 0.5) is 0 Å². The van der Waals surface area contributed by atoms with Crippen LogP contribution in [-0.2, 0) is 19.1 Å². The first-order chi connectivity index (χ1) is 18.8. The van der Waals surface area contributed by atoms with Gasteiger partial charge in [0, 0.05) is 35.8 Å². The van der Waals surface area contributed by atoms with Crippen molar-refractivity contribution in [3.63, 3.8) is 0 Å². The lowest BCUT2D eigenvalue weighted by Gasteiger charge is -2.39. The summed E-state index contributed by atoms with van der Waals surface area (Å²) in [5.74, 6) is -1.54. The van der Waals surface area contributed by atoms with Gasteiger partial charge in [-0.05, 0) is 51.9 Å². The molecule has 3 rings (SSSR count). The summed E-state index contributed by atoms with van der Waals surface area (Å²) in [6, 6.07) is -0.593. The summed E-state index contributed by atoms with van der Waals surface area (Å²) in [5, 5.41) is 9.06. The van der Waals surface area contributed by atoms with Crippen LogP contribution in [0.25, 0.3) is 0 Å². The number of unbranched alkanes of at least 4 members (excludes halogenated alkanes) is 5. The third kappa shape index (κ3) is 6.78. The lowest BCUT2D eigenvalue weighted by atomic mass is 9.71. The van der Waals surface area contributed by atoms with E-state index in [1.807, 2.05) is 11.0 Å². The molecule has 2 bridgehead atoms. The van der Waals surface area contributed by atoms with Crippen LogP contribution in [0.5, 0.6) is 0 Å². The molecular weight excluding hydrogens is 580 g/mol. The fraction of sp³-hybridized carbons (Fsp3) is 0.767. The van der Waals surface area contributed by atoms with E-state index in [0.717, 1.165) is 57.8 Å². The number of carbonyl (C=O) groups is 3. The quantitative estimate of drug-likeness (QED) is 0.0985. The molecule has 0 aromatic carbocycles. The van der Waals surface area contributed by atoms with Gasteiger partial charge in [-0.1, -0.05) is 54.3 Å². The second kappa shape index (κ2) is 15.1. The standard InChI is InChI=1S/C30H47BrN2O5S/c1-5-8-9-14-19-38-29(37)23-24-27(35)33(17-12-10-11-13-18-34)26(30(24)20-22(31)25(23)39-30)28(36)32(16-7-3)21(4)15-6-2/h5,7,21-26,34H,1,3,6,8-20H2,2,4H3/t21?,22?,23-,24-,25-,26?,30?/m0/s1. The molecule has 0 aromatic rings. The number of rotatable bonds is 18. The predicted molar refractivity (Wildman–Crippen MR) is 161 cm³/mol.